The Labute approximate surface area is 188 Å². The molecule has 0 aromatic heterocycles. The summed E-state index contributed by atoms with van der Waals surface area (Å²) < 4.78 is 32.5. The topological polar surface area (TPSA) is 197 Å². The van der Waals surface area contributed by atoms with Gasteiger partial charge in [-0.2, -0.15) is 0 Å². The van der Waals surface area contributed by atoms with Crippen LogP contribution in [0, 0.1) is 0 Å². The molecule has 3 aliphatic heterocycles. The van der Waals surface area contributed by atoms with Crippen molar-refractivity contribution in [1.82, 2.24) is 0 Å². The highest BCUT2D eigenvalue weighted by Gasteiger charge is 2.50. The van der Waals surface area contributed by atoms with Crippen molar-refractivity contribution in [3.05, 3.63) is 23.8 Å². The molecule has 6 unspecified atom stereocenters. The van der Waals surface area contributed by atoms with Gasteiger partial charge in [0.25, 0.3) is 0 Å². The van der Waals surface area contributed by atoms with Gasteiger partial charge >= 0.3 is 0 Å². The molecule has 2 saturated heterocycles. The maximum Gasteiger partial charge on any atom is 0.231 e. The van der Waals surface area contributed by atoms with E-state index in [-0.39, 0.29) is 13.4 Å². The maximum atomic E-state index is 10.7. The minimum absolute atomic E-state index is 0.0284. The van der Waals surface area contributed by atoms with Gasteiger partial charge < -0.3 is 64.2 Å². The fourth-order valence-corrected chi connectivity index (χ4v) is 3.90. The van der Waals surface area contributed by atoms with Gasteiger partial charge in [-0.25, -0.2) is 0 Å². The molecular formula is C20H28O13. The molecule has 3 aliphatic rings. The molecule has 0 saturated carbocycles. The van der Waals surface area contributed by atoms with Gasteiger partial charge in [0.05, 0.1) is 19.8 Å². The highest BCUT2D eigenvalue weighted by Crippen LogP contribution is 2.34. The third-order valence-electron chi connectivity index (χ3n) is 5.81. The van der Waals surface area contributed by atoms with Crippen molar-refractivity contribution in [2.45, 2.75) is 68.0 Å². The largest absolute Gasteiger partial charge is 0.454 e. The molecule has 13 heteroatoms. The molecule has 13 nitrogen and oxygen atoms in total. The molecule has 10 atom stereocenters. The number of hydrogen-bond donors (Lipinski definition) is 7. The van der Waals surface area contributed by atoms with Crippen LogP contribution in [0.25, 0.3) is 0 Å². The third kappa shape index (κ3) is 4.94. The second-order valence-electron chi connectivity index (χ2n) is 8.00. The van der Waals surface area contributed by atoms with Crippen LogP contribution in [0.1, 0.15) is 5.56 Å². The molecular weight excluding hydrogens is 448 g/mol. The Balaban J connectivity index is 1.44. The van der Waals surface area contributed by atoms with Gasteiger partial charge in [-0.1, -0.05) is 6.07 Å². The Bertz CT molecular complexity index is 791. The summed E-state index contributed by atoms with van der Waals surface area (Å²) in [4.78, 5) is 0. The second-order valence-corrected chi connectivity index (χ2v) is 8.00. The molecule has 1 aromatic carbocycles. The van der Waals surface area contributed by atoms with Crippen LogP contribution >= 0.6 is 0 Å². The summed E-state index contributed by atoms with van der Waals surface area (Å²) in [5, 5.41) is 70.2. The number of aliphatic hydroxyl groups is 7. The van der Waals surface area contributed by atoms with Crippen LogP contribution < -0.4 is 9.47 Å². The first-order valence-corrected chi connectivity index (χ1v) is 10.4. The highest BCUT2D eigenvalue weighted by molar-refractivity contribution is 5.44. The van der Waals surface area contributed by atoms with Gasteiger partial charge in [-0.15, -0.1) is 0 Å². The van der Waals surface area contributed by atoms with Gasteiger partial charge in [0, 0.05) is 0 Å². The van der Waals surface area contributed by atoms with Crippen molar-refractivity contribution in [3.8, 4) is 11.5 Å². The zero-order valence-electron chi connectivity index (χ0n) is 17.4. The number of ether oxygens (including phenoxy) is 6. The first kappa shape index (κ1) is 24.5. The Kier molecular flexibility index (Phi) is 7.67. The molecule has 33 heavy (non-hydrogen) atoms. The van der Waals surface area contributed by atoms with Gasteiger partial charge in [-0.05, 0) is 17.7 Å². The van der Waals surface area contributed by atoms with E-state index in [0.717, 1.165) is 0 Å². The summed E-state index contributed by atoms with van der Waals surface area (Å²) in [5.74, 6) is 1.12. The second kappa shape index (κ2) is 10.3. The van der Waals surface area contributed by atoms with Crippen molar-refractivity contribution in [1.29, 1.82) is 0 Å². The standard InChI is InChI=1S/C20H28O13/c21-4-11-13(23)15(25)16(26)20(32-11)33-18-14(24)12(5-22)31-19(17(18)27)28-6-8-1-2-9-10(3-8)30-7-29-9/h1-3,11-27H,4-7H2/t11?,12?,13?,14?,15-,16-,17-,18-,19?,20?/m0/s1. The third-order valence-corrected chi connectivity index (χ3v) is 5.81. The highest BCUT2D eigenvalue weighted by atomic mass is 16.7. The van der Waals surface area contributed by atoms with Crippen molar-refractivity contribution in [2.75, 3.05) is 20.0 Å². The SMILES string of the molecule is OCC1OC(O[C@H]2C(O)C(CO)OC(OCc3ccc4c(c3)OCO4)[C@H]2O)[C@@H](O)[C@@H](O)C1O. The van der Waals surface area contributed by atoms with E-state index in [1.165, 1.54) is 0 Å². The van der Waals surface area contributed by atoms with Gasteiger partial charge in [0.2, 0.25) is 6.79 Å². The van der Waals surface area contributed by atoms with Crippen molar-refractivity contribution < 1.29 is 64.2 Å². The number of aliphatic hydroxyl groups excluding tert-OH is 7. The summed E-state index contributed by atoms with van der Waals surface area (Å²) in [7, 11) is 0. The summed E-state index contributed by atoms with van der Waals surface area (Å²) in [6, 6.07) is 5.12. The van der Waals surface area contributed by atoms with E-state index in [0.29, 0.717) is 17.1 Å². The monoisotopic (exact) mass is 476 g/mol. The van der Waals surface area contributed by atoms with Crippen molar-refractivity contribution in [3.63, 3.8) is 0 Å². The number of rotatable bonds is 7. The van der Waals surface area contributed by atoms with E-state index in [2.05, 4.69) is 0 Å². The van der Waals surface area contributed by atoms with Gasteiger partial charge in [0.15, 0.2) is 24.1 Å². The predicted molar refractivity (Wildman–Crippen MR) is 104 cm³/mol. The summed E-state index contributed by atoms with van der Waals surface area (Å²) in [6.45, 7) is -1.23. The van der Waals surface area contributed by atoms with E-state index in [1.807, 2.05) is 0 Å². The van der Waals surface area contributed by atoms with Crippen LogP contribution in [0.2, 0.25) is 0 Å². The quantitative estimate of drug-likeness (QED) is 0.205. The summed E-state index contributed by atoms with van der Waals surface area (Å²) in [5.41, 5.74) is 0.674. The lowest BCUT2D eigenvalue weighted by Gasteiger charge is -2.45. The lowest BCUT2D eigenvalue weighted by molar-refractivity contribution is -0.361. The van der Waals surface area contributed by atoms with Crippen LogP contribution in [0.15, 0.2) is 18.2 Å². The minimum atomic E-state index is -1.74. The van der Waals surface area contributed by atoms with Crippen LogP contribution in [0.3, 0.4) is 0 Å². The van der Waals surface area contributed by atoms with E-state index in [9.17, 15) is 35.7 Å². The number of hydrogen-bond acceptors (Lipinski definition) is 13. The molecule has 0 spiro atoms. The average molecular weight is 476 g/mol. The smallest absolute Gasteiger partial charge is 0.231 e. The number of benzene rings is 1. The maximum absolute atomic E-state index is 10.7. The Morgan fingerprint density at radius 1 is 0.758 bits per heavy atom. The van der Waals surface area contributed by atoms with Crippen LogP contribution in [-0.4, -0.2) is 117 Å². The Morgan fingerprint density at radius 3 is 2.15 bits per heavy atom. The first-order chi connectivity index (χ1) is 15.8. The molecule has 1 aromatic rings. The average Bonchev–Trinajstić information content (AvgIpc) is 3.29. The first-order valence-electron chi connectivity index (χ1n) is 10.4. The van der Waals surface area contributed by atoms with E-state index < -0.39 is 74.6 Å². The molecule has 2 fully saturated rings. The Morgan fingerprint density at radius 2 is 1.42 bits per heavy atom. The van der Waals surface area contributed by atoms with E-state index in [1.54, 1.807) is 18.2 Å². The zero-order chi connectivity index (χ0) is 23.7. The van der Waals surface area contributed by atoms with Crippen LogP contribution in [-0.2, 0) is 25.6 Å². The normalized spacial score (nSPS) is 40.7. The Hall–Kier alpha value is -1.62. The van der Waals surface area contributed by atoms with Crippen molar-refractivity contribution >= 4 is 0 Å². The molecule has 3 heterocycles. The fourth-order valence-electron chi connectivity index (χ4n) is 3.90. The molecule has 0 aliphatic carbocycles. The fraction of sp³-hybridized carbons (Fsp3) is 0.700. The zero-order valence-corrected chi connectivity index (χ0v) is 17.4. The number of fused-ring (bicyclic) bond motifs is 1. The lowest BCUT2D eigenvalue weighted by Crippen LogP contribution is -2.64. The van der Waals surface area contributed by atoms with Gasteiger partial charge in [-0.3, -0.25) is 0 Å². The van der Waals surface area contributed by atoms with Crippen LogP contribution in [0.5, 0.6) is 11.5 Å². The molecule has 186 valence electrons. The lowest BCUT2D eigenvalue weighted by atomic mass is 9.97. The molecule has 7 N–H and O–H groups in total. The summed E-state index contributed by atoms with van der Waals surface area (Å²) >= 11 is 0. The minimum Gasteiger partial charge on any atom is -0.454 e. The summed E-state index contributed by atoms with van der Waals surface area (Å²) in [6.07, 6.45) is -15.1. The van der Waals surface area contributed by atoms with Gasteiger partial charge in [0.1, 0.15) is 48.8 Å². The predicted octanol–water partition coefficient (Wildman–Crippen LogP) is -3.44. The van der Waals surface area contributed by atoms with E-state index in [4.69, 9.17) is 28.4 Å². The molecule has 0 amide bonds. The van der Waals surface area contributed by atoms with E-state index >= 15 is 0 Å². The molecule has 0 radical (unpaired) electrons. The van der Waals surface area contributed by atoms with Crippen molar-refractivity contribution in [2.24, 2.45) is 0 Å². The molecule has 0 bridgehead atoms. The molecule has 4 rings (SSSR count). The van der Waals surface area contributed by atoms with Crippen LogP contribution in [0.4, 0.5) is 0 Å².